The summed E-state index contributed by atoms with van der Waals surface area (Å²) in [4.78, 5) is 32.0. The van der Waals surface area contributed by atoms with Crippen molar-refractivity contribution in [1.29, 1.82) is 0 Å². The molecular formula is C15H21N3O2S. The number of aryl methyl sites for hydroxylation is 2. The van der Waals surface area contributed by atoms with E-state index in [1.165, 1.54) is 22.2 Å². The Morgan fingerprint density at radius 3 is 2.81 bits per heavy atom. The van der Waals surface area contributed by atoms with Crippen LogP contribution in [0.15, 0.2) is 11.1 Å². The van der Waals surface area contributed by atoms with Crippen LogP contribution in [0, 0.1) is 12.8 Å². The second-order valence-corrected chi connectivity index (χ2v) is 6.60. The molecule has 1 atom stereocenters. The summed E-state index contributed by atoms with van der Waals surface area (Å²) in [5, 5.41) is 0.560. The summed E-state index contributed by atoms with van der Waals surface area (Å²) in [5.41, 5.74) is 0.641. The maximum Gasteiger partial charge on any atom is 0.264 e. The van der Waals surface area contributed by atoms with Gasteiger partial charge in [-0.3, -0.25) is 9.59 Å². The van der Waals surface area contributed by atoms with Crippen LogP contribution < -0.4 is 5.56 Å². The van der Waals surface area contributed by atoms with Crippen molar-refractivity contribution in [3.05, 3.63) is 27.1 Å². The van der Waals surface area contributed by atoms with Crippen molar-refractivity contribution >= 4 is 27.5 Å². The van der Waals surface area contributed by atoms with E-state index in [-0.39, 0.29) is 11.5 Å². The lowest BCUT2D eigenvalue weighted by Crippen LogP contribution is -2.30. The lowest BCUT2D eigenvalue weighted by molar-refractivity contribution is 0.0779. The van der Waals surface area contributed by atoms with Crippen molar-refractivity contribution in [2.45, 2.75) is 27.2 Å². The number of aromatic nitrogens is 2. The van der Waals surface area contributed by atoms with Crippen LogP contribution >= 0.6 is 11.3 Å². The van der Waals surface area contributed by atoms with Gasteiger partial charge in [-0.15, -0.1) is 11.3 Å². The molecule has 0 unspecified atom stereocenters. The molecule has 0 fully saturated rings. The van der Waals surface area contributed by atoms with E-state index in [0.29, 0.717) is 27.6 Å². The number of carbonyl (C=O) groups excluding carboxylic acids is 1. The Hall–Kier alpha value is -1.69. The highest BCUT2D eigenvalue weighted by Crippen LogP contribution is 2.27. The summed E-state index contributed by atoms with van der Waals surface area (Å²) >= 11 is 1.30. The number of fused-ring (bicyclic) bond motifs is 1. The lowest BCUT2D eigenvalue weighted by atomic mass is 10.1. The first-order chi connectivity index (χ1) is 9.86. The van der Waals surface area contributed by atoms with Crippen molar-refractivity contribution in [2.75, 3.05) is 13.6 Å². The molecule has 0 saturated heterocycles. The second-order valence-electron chi connectivity index (χ2n) is 5.60. The normalized spacial score (nSPS) is 12.6. The maximum absolute atomic E-state index is 12.6. The summed E-state index contributed by atoms with van der Waals surface area (Å²) in [6.45, 7) is 6.78. The van der Waals surface area contributed by atoms with Gasteiger partial charge in [0.2, 0.25) is 0 Å². The Balaban J connectivity index is 2.43. The number of hydrogen-bond donors (Lipinski definition) is 0. The molecule has 2 rings (SSSR count). The average molecular weight is 307 g/mol. The third-order valence-electron chi connectivity index (χ3n) is 3.83. The quantitative estimate of drug-likeness (QED) is 0.871. The number of nitrogens with zero attached hydrogens (tertiary/aromatic N) is 3. The molecule has 21 heavy (non-hydrogen) atoms. The Labute approximate surface area is 128 Å². The minimum Gasteiger partial charge on any atom is -0.341 e. The Morgan fingerprint density at radius 2 is 2.19 bits per heavy atom. The number of hydrogen-bond acceptors (Lipinski definition) is 4. The molecule has 0 radical (unpaired) electrons. The van der Waals surface area contributed by atoms with Gasteiger partial charge < -0.3 is 9.47 Å². The average Bonchev–Trinajstić information content (AvgIpc) is 2.79. The molecule has 1 amide bonds. The van der Waals surface area contributed by atoms with Gasteiger partial charge in [0.15, 0.2) is 0 Å². The van der Waals surface area contributed by atoms with Gasteiger partial charge in [-0.25, -0.2) is 4.98 Å². The largest absolute Gasteiger partial charge is 0.341 e. The first kappa shape index (κ1) is 15.7. The molecule has 2 aromatic heterocycles. The number of carbonyl (C=O) groups is 1. The Kier molecular flexibility index (Phi) is 4.46. The molecule has 2 heterocycles. The third-order valence-corrected chi connectivity index (χ3v) is 5.02. The first-order valence-electron chi connectivity index (χ1n) is 7.07. The van der Waals surface area contributed by atoms with Gasteiger partial charge in [0.1, 0.15) is 4.83 Å². The molecule has 0 aliphatic rings. The van der Waals surface area contributed by atoms with Crippen LogP contribution in [0.25, 0.3) is 10.2 Å². The number of thiophene rings is 1. The van der Waals surface area contributed by atoms with E-state index in [4.69, 9.17) is 0 Å². The SMILES string of the molecule is CC[C@H](C)CN(C)C(=O)c1sc2ncn(C)c(=O)c2c1C. The maximum atomic E-state index is 12.6. The monoisotopic (exact) mass is 307 g/mol. The minimum absolute atomic E-state index is 0.0298. The van der Waals surface area contributed by atoms with E-state index in [2.05, 4.69) is 18.8 Å². The number of rotatable bonds is 4. The van der Waals surface area contributed by atoms with Crippen LogP contribution in [0.1, 0.15) is 35.5 Å². The van der Waals surface area contributed by atoms with Crippen molar-refractivity contribution in [3.63, 3.8) is 0 Å². The molecule has 2 aromatic rings. The molecule has 114 valence electrons. The fourth-order valence-corrected chi connectivity index (χ4v) is 3.40. The molecular weight excluding hydrogens is 286 g/mol. The highest BCUT2D eigenvalue weighted by Gasteiger charge is 2.22. The van der Waals surface area contributed by atoms with Gasteiger partial charge in [0.25, 0.3) is 11.5 Å². The predicted octanol–water partition coefficient (Wildman–Crippen LogP) is 2.42. The van der Waals surface area contributed by atoms with E-state index < -0.39 is 0 Å². The molecule has 0 saturated carbocycles. The zero-order chi connectivity index (χ0) is 15.7. The fourth-order valence-electron chi connectivity index (χ4n) is 2.27. The van der Waals surface area contributed by atoms with Crippen LogP contribution in [0.2, 0.25) is 0 Å². The van der Waals surface area contributed by atoms with Crippen molar-refractivity contribution in [2.24, 2.45) is 13.0 Å². The molecule has 0 aromatic carbocycles. The van der Waals surface area contributed by atoms with Gasteiger partial charge in [0, 0.05) is 20.6 Å². The van der Waals surface area contributed by atoms with E-state index in [0.717, 1.165) is 12.0 Å². The lowest BCUT2D eigenvalue weighted by Gasteiger charge is -2.20. The van der Waals surface area contributed by atoms with Gasteiger partial charge >= 0.3 is 0 Å². The van der Waals surface area contributed by atoms with Crippen molar-refractivity contribution in [3.8, 4) is 0 Å². The van der Waals surface area contributed by atoms with Crippen molar-refractivity contribution in [1.82, 2.24) is 14.5 Å². The summed E-state index contributed by atoms with van der Waals surface area (Å²) in [6.07, 6.45) is 2.53. The minimum atomic E-state index is -0.0996. The van der Waals surface area contributed by atoms with Gasteiger partial charge in [-0.1, -0.05) is 20.3 Å². The highest BCUT2D eigenvalue weighted by atomic mass is 32.1. The summed E-state index contributed by atoms with van der Waals surface area (Å²) in [5.74, 6) is 0.428. The zero-order valence-electron chi connectivity index (χ0n) is 13.1. The van der Waals surface area contributed by atoms with E-state index in [1.807, 2.05) is 14.0 Å². The van der Waals surface area contributed by atoms with Gasteiger partial charge in [-0.2, -0.15) is 0 Å². The van der Waals surface area contributed by atoms with Crippen LogP contribution in [0.4, 0.5) is 0 Å². The molecule has 5 nitrogen and oxygen atoms in total. The topological polar surface area (TPSA) is 55.2 Å². The van der Waals surface area contributed by atoms with Crippen LogP contribution in [-0.2, 0) is 7.05 Å². The summed E-state index contributed by atoms with van der Waals surface area (Å²) < 4.78 is 1.44. The molecule has 0 N–H and O–H groups in total. The molecule has 0 spiro atoms. The Bertz CT molecular complexity index is 732. The molecule has 0 aliphatic carbocycles. The van der Waals surface area contributed by atoms with Crippen molar-refractivity contribution < 1.29 is 4.79 Å². The standard InChI is InChI=1S/C15H21N3O2S/c1-6-9(2)7-17(4)15(20)12-10(3)11-13(21-12)16-8-18(5)14(11)19/h8-9H,6-7H2,1-5H3/t9-/m0/s1. The molecule has 6 heteroatoms. The van der Waals surface area contributed by atoms with Gasteiger partial charge in [-0.05, 0) is 18.4 Å². The molecule has 0 aliphatic heterocycles. The summed E-state index contributed by atoms with van der Waals surface area (Å²) in [7, 11) is 3.48. The van der Waals surface area contributed by atoms with Crippen LogP contribution in [-0.4, -0.2) is 34.0 Å². The second kappa shape index (κ2) is 5.97. The van der Waals surface area contributed by atoms with E-state index in [1.54, 1.807) is 11.9 Å². The van der Waals surface area contributed by atoms with E-state index >= 15 is 0 Å². The summed E-state index contributed by atoms with van der Waals surface area (Å²) in [6, 6.07) is 0. The number of amides is 1. The molecule has 0 bridgehead atoms. The van der Waals surface area contributed by atoms with Crippen LogP contribution in [0.3, 0.4) is 0 Å². The smallest absolute Gasteiger partial charge is 0.264 e. The highest BCUT2D eigenvalue weighted by molar-refractivity contribution is 7.20. The van der Waals surface area contributed by atoms with Gasteiger partial charge in [0.05, 0.1) is 16.6 Å². The Morgan fingerprint density at radius 1 is 1.52 bits per heavy atom. The third kappa shape index (κ3) is 2.85. The van der Waals surface area contributed by atoms with E-state index in [9.17, 15) is 9.59 Å². The van der Waals surface area contributed by atoms with Crippen LogP contribution in [0.5, 0.6) is 0 Å². The fraction of sp³-hybridized carbons (Fsp3) is 0.533. The first-order valence-corrected chi connectivity index (χ1v) is 7.88. The predicted molar refractivity (Wildman–Crippen MR) is 86.0 cm³/mol. The zero-order valence-corrected chi connectivity index (χ0v) is 14.0.